The van der Waals surface area contributed by atoms with Crippen LogP contribution in [0.25, 0.3) is 0 Å². The first kappa shape index (κ1) is 15.5. The second-order valence-corrected chi connectivity index (χ2v) is 5.51. The number of amides is 1. The van der Waals surface area contributed by atoms with Gasteiger partial charge in [-0.25, -0.2) is 0 Å². The molecular formula is C17H23NO3. The van der Waals surface area contributed by atoms with E-state index < -0.39 is 0 Å². The predicted molar refractivity (Wildman–Crippen MR) is 81.5 cm³/mol. The molecular weight excluding hydrogens is 266 g/mol. The van der Waals surface area contributed by atoms with Crippen molar-refractivity contribution >= 4 is 11.7 Å². The van der Waals surface area contributed by atoms with E-state index in [1.165, 1.54) is 0 Å². The Hall–Kier alpha value is -1.84. The number of carbonyl (C=O) groups is 2. The van der Waals surface area contributed by atoms with Crippen molar-refractivity contribution in [2.75, 3.05) is 0 Å². The monoisotopic (exact) mass is 289 g/mol. The number of hydrogen-bond acceptors (Lipinski definition) is 3. The van der Waals surface area contributed by atoms with Crippen molar-refractivity contribution in [2.24, 2.45) is 0 Å². The van der Waals surface area contributed by atoms with E-state index in [0.717, 1.165) is 36.8 Å². The number of hydrogen-bond donors (Lipinski definition) is 2. The number of benzene rings is 1. The van der Waals surface area contributed by atoms with Crippen LogP contribution in [0.15, 0.2) is 6.07 Å². The van der Waals surface area contributed by atoms with Crippen molar-refractivity contribution in [3.8, 4) is 5.75 Å². The van der Waals surface area contributed by atoms with Gasteiger partial charge in [0.25, 0.3) is 0 Å². The Morgan fingerprint density at radius 2 is 1.90 bits per heavy atom. The summed E-state index contributed by atoms with van der Waals surface area (Å²) in [5.74, 6) is -0.0243. The van der Waals surface area contributed by atoms with Crippen molar-refractivity contribution in [3.05, 3.63) is 28.3 Å². The highest BCUT2D eigenvalue weighted by atomic mass is 16.3. The number of carbonyl (C=O) groups excluding carboxylic acids is 2. The van der Waals surface area contributed by atoms with Crippen LogP contribution < -0.4 is 5.32 Å². The average molecular weight is 289 g/mol. The molecule has 4 nitrogen and oxygen atoms in total. The molecule has 0 aromatic heterocycles. The number of nitrogens with one attached hydrogen (secondary N) is 1. The molecule has 1 aromatic carbocycles. The highest BCUT2D eigenvalue weighted by molar-refractivity contribution is 6.00. The minimum Gasteiger partial charge on any atom is -0.507 e. The van der Waals surface area contributed by atoms with Crippen molar-refractivity contribution < 1.29 is 14.7 Å². The molecule has 0 unspecified atom stereocenters. The van der Waals surface area contributed by atoms with Crippen LogP contribution in [0.3, 0.4) is 0 Å². The Balaban J connectivity index is 2.42. The minimum atomic E-state index is -0.0597. The third-order valence-corrected chi connectivity index (χ3v) is 4.10. The first-order valence-corrected chi connectivity index (χ1v) is 7.74. The molecule has 2 rings (SSSR count). The second-order valence-electron chi connectivity index (χ2n) is 5.51. The number of fused-ring (bicyclic) bond motifs is 1. The molecule has 0 fully saturated rings. The summed E-state index contributed by atoms with van der Waals surface area (Å²) in [5, 5.41) is 13.2. The number of ketones is 1. The standard InChI is InChI=1S/C17H23NO3/c1-3-14(19)16-13-8-6-5-7-11(13)9-12(17(16)21)10-18-15(20)4-2/h9,21H,3-8,10H2,1-2H3,(H,18,20). The zero-order valence-corrected chi connectivity index (χ0v) is 12.8. The van der Waals surface area contributed by atoms with Crippen LogP contribution in [-0.2, 0) is 24.2 Å². The van der Waals surface area contributed by atoms with Gasteiger partial charge in [-0.05, 0) is 36.8 Å². The molecule has 0 radical (unpaired) electrons. The molecule has 0 heterocycles. The van der Waals surface area contributed by atoms with E-state index in [0.29, 0.717) is 24.0 Å². The molecule has 0 saturated carbocycles. The largest absolute Gasteiger partial charge is 0.507 e. The smallest absolute Gasteiger partial charge is 0.219 e. The lowest BCUT2D eigenvalue weighted by atomic mass is 9.84. The van der Waals surface area contributed by atoms with Crippen LogP contribution in [0.4, 0.5) is 0 Å². The van der Waals surface area contributed by atoms with Crippen molar-refractivity contribution in [1.82, 2.24) is 5.32 Å². The molecule has 0 atom stereocenters. The summed E-state index contributed by atoms with van der Waals surface area (Å²) in [5.41, 5.74) is 3.29. The number of phenolic OH excluding ortho intramolecular Hbond substituents is 1. The Morgan fingerprint density at radius 3 is 2.57 bits per heavy atom. The zero-order valence-electron chi connectivity index (χ0n) is 12.8. The van der Waals surface area contributed by atoms with Crippen molar-refractivity contribution in [2.45, 2.75) is 58.9 Å². The molecule has 0 saturated heterocycles. The highest BCUT2D eigenvalue weighted by Gasteiger charge is 2.23. The maximum Gasteiger partial charge on any atom is 0.219 e. The van der Waals surface area contributed by atoms with Crippen LogP contribution in [0.5, 0.6) is 5.75 Å². The van der Waals surface area contributed by atoms with E-state index in [-0.39, 0.29) is 24.0 Å². The number of aromatic hydroxyl groups is 1. The van der Waals surface area contributed by atoms with E-state index in [4.69, 9.17) is 0 Å². The van der Waals surface area contributed by atoms with E-state index >= 15 is 0 Å². The van der Waals surface area contributed by atoms with Crippen LogP contribution in [-0.4, -0.2) is 16.8 Å². The molecule has 1 aliphatic carbocycles. The lowest BCUT2D eigenvalue weighted by Gasteiger charge is -2.22. The maximum absolute atomic E-state index is 12.2. The number of Topliss-reactive ketones (excluding diaryl/α,β-unsaturated/α-hetero) is 1. The van der Waals surface area contributed by atoms with E-state index in [9.17, 15) is 14.7 Å². The Labute approximate surface area is 125 Å². The molecule has 4 heteroatoms. The van der Waals surface area contributed by atoms with Crippen LogP contribution in [0, 0.1) is 0 Å². The van der Waals surface area contributed by atoms with Gasteiger partial charge in [-0.15, -0.1) is 0 Å². The first-order valence-electron chi connectivity index (χ1n) is 7.74. The van der Waals surface area contributed by atoms with Crippen LogP contribution in [0.2, 0.25) is 0 Å². The van der Waals surface area contributed by atoms with E-state index in [1.54, 1.807) is 6.92 Å². The zero-order chi connectivity index (χ0) is 15.4. The Bertz CT molecular complexity index is 564. The highest BCUT2D eigenvalue weighted by Crippen LogP contribution is 2.34. The predicted octanol–water partition coefficient (Wildman–Crippen LogP) is 2.89. The lowest BCUT2D eigenvalue weighted by molar-refractivity contribution is -0.120. The summed E-state index contributed by atoms with van der Waals surface area (Å²) < 4.78 is 0. The average Bonchev–Trinajstić information content (AvgIpc) is 2.51. The van der Waals surface area contributed by atoms with Gasteiger partial charge in [-0.1, -0.05) is 19.9 Å². The van der Waals surface area contributed by atoms with Crippen LogP contribution in [0.1, 0.15) is 66.6 Å². The summed E-state index contributed by atoms with van der Waals surface area (Å²) in [6, 6.07) is 1.95. The molecule has 21 heavy (non-hydrogen) atoms. The van der Waals surface area contributed by atoms with Gasteiger partial charge < -0.3 is 10.4 Å². The molecule has 1 aromatic rings. The fourth-order valence-electron chi connectivity index (χ4n) is 2.89. The second kappa shape index (κ2) is 6.74. The van der Waals surface area contributed by atoms with Gasteiger partial charge in [-0.3, -0.25) is 9.59 Å². The summed E-state index contributed by atoms with van der Waals surface area (Å²) >= 11 is 0. The molecule has 2 N–H and O–H groups in total. The fraction of sp³-hybridized carbons (Fsp3) is 0.529. The van der Waals surface area contributed by atoms with Crippen molar-refractivity contribution in [1.29, 1.82) is 0 Å². The molecule has 1 amide bonds. The molecule has 114 valence electrons. The topological polar surface area (TPSA) is 66.4 Å². The number of phenols is 1. The van der Waals surface area contributed by atoms with Gasteiger partial charge in [0.2, 0.25) is 5.91 Å². The maximum atomic E-state index is 12.2. The van der Waals surface area contributed by atoms with Gasteiger partial charge in [0.15, 0.2) is 5.78 Å². The first-order chi connectivity index (χ1) is 10.1. The molecule has 0 bridgehead atoms. The summed E-state index contributed by atoms with van der Waals surface area (Å²) in [4.78, 5) is 23.6. The van der Waals surface area contributed by atoms with Gasteiger partial charge in [0, 0.05) is 24.9 Å². The van der Waals surface area contributed by atoms with Gasteiger partial charge in [0.1, 0.15) is 5.75 Å². The summed E-state index contributed by atoms with van der Waals surface area (Å²) in [6.45, 7) is 3.87. The Kier molecular flexibility index (Phi) is 4.99. The van der Waals surface area contributed by atoms with Crippen LogP contribution >= 0.6 is 0 Å². The summed E-state index contributed by atoms with van der Waals surface area (Å²) in [6.07, 6.45) is 4.75. The van der Waals surface area contributed by atoms with E-state index in [2.05, 4.69) is 5.32 Å². The normalized spacial score (nSPS) is 13.6. The summed E-state index contributed by atoms with van der Waals surface area (Å²) in [7, 11) is 0. The third-order valence-electron chi connectivity index (χ3n) is 4.10. The molecule has 1 aliphatic rings. The van der Waals surface area contributed by atoms with Crippen molar-refractivity contribution in [3.63, 3.8) is 0 Å². The third kappa shape index (κ3) is 3.26. The van der Waals surface area contributed by atoms with Gasteiger partial charge in [0.05, 0.1) is 5.56 Å². The Morgan fingerprint density at radius 1 is 1.19 bits per heavy atom. The number of rotatable bonds is 5. The fourth-order valence-corrected chi connectivity index (χ4v) is 2.89. The molecule has 0 spiro atoms. The van der Waals surface area contributed by atoms with E-state index in [1.807, 2.05) is 13.0 Å². The van der Waals surface area contributed by atoms with Gasteiger partial charge >= 0.3 is 0 Å². The molecule has 0 aliphatic heterocycles. The quantitative estimate of drug-likeness (QED) is 0.819. The SMILES string of the molecule is CCC(=O)NCc1cc2c(c(C(=O)CC)c1O)CCCC2. The minimum absolute atomic E-state index is 0.0191. The van der Waals surface area contributed by atoms with Gasteiger partial charge in [-0.2, -0.15) is 0 Å². The number of aryl methyl sites for hydroxylation is 1. The lowest BCUT2D eigenvalue weighted by Crippen LogP contribution is -2.22.